The van der Waals surface area contributed by atoms with E-state index in [1.54, 1.807) is 11.3 Å². The van der Waals surface area contributed by atoms with Gasteiger partial charge in [0.05, 0.1) is 13.2 Å². The Morgan fingerprint density at radius 2 is 2.16 bits per heavy atom. The molecule has 1 aromatic heterocycles. The number of aliphatic imine (C=N–C) groups is 1. The molecule has 19 heavy (non-hydrogen) atoms. The summed E-state index contributed by atoms with van der Waals surface area (Å²) in [6.45, 7) is 3.60. The van der Waals surface area contributed by atoms with Gasteiger partial charge in [0.15, 0.2) is 0 Å². The number of ether oxygens (including phenoxy) is 2. The Morgan fingerprint density at radius 3 is 2.79 bits per heavy atom. The van der Waals surface area contributed by atoms with Gasteiger partial charge in [0.2, 0.25) is 0 Å². The fourth-order valence-corrected chi connectivity index (χ4v) is 4.49. The third-order valence-electron chi connectivity index (χ3n) is 3.85. The molecule has 3 heterocycles. The van der Waals surface area contributed by atoms with Crippen LogP contribution in [0.15, 0.2) is 20.9 Å². The number of hydrogen-bond donors (Lipinski definition) is 1. The van der Waals surface area contributed by atoms with E-state index in [0.29, 0.717) is 6.02 Å². The van der Waals surface area contributed by atoms with Gasteiger partial charge in [-0.2, -0.15) is 0 Å². The molecule has 0 radical (unpaired) electrons. The monoisotopic (exact) mass is 344 g/mol. The minimum absolute atomic E-state index is 0.213. The molecule has 2 N–H and O–H groups in total. The normalized spacial score (nSPS) is 29.9. The van der Waals surface area contributed by atoms with Crippen LogP contribution in [0.25, 0.3) is 0 Å². The van der Waals surface area contributed by atoms with Crippen molar-refractivity contribution in [1.82, 2.24) is 0 Å². The average molecular weight is 345 g/mol. The number of amidine groups is 1. The maximum absolute atomic E-state index is 5.94. The summed E-state index contributed by atoms with van der Waals surface area (Å²) in [7, 11) is 0. The van der Waals surface area contributed by atoms with E-state index in [0.717, 1.165) is 36.9 Å². The van der Waals surface area contributed by atoms with Crippen LogP contribution in [-0.2, 0) is 15.0 Å². The molecule has 0 saturated carbocycles. The Morgan fingerprint density at radius 1 is 1.42 bits per heavy atom. The van der Waals surface area contributed by atoms with Gasteiger partial charge in [0, 0.05) is 34.0 Å². The fourth-order valence-electron chi connectivity index (χ4n) is 2.95. The van der Waals surface area contributed by atoms with Gasteiger partial charge in [-0.1, -0.05) is 0 Å². The lowest BCUT2D eigenvalue weighted by Crippen LogP contribution is -2.50. The van der Waals surface area contributed by atoms with Crippen molar-refractivity contribution >= 4 is 33.3 Å². The summed E-state index contributed by atoms with van der Waals surface area (Å²) in [5.74, 6) is 0. The first-order valence-electron chi connectivity index (χ1n) is 6.38. The highest BCUT2D eigenvalue weighted by molar-refractivity contribution is 9.10. The van der Waals surface area contributed by atoms with Crippen molar-refractivity contribution in [1.29, 1.82) is 0 Å². The van der Waals surface area contributed by atoms with Crippen molar-refractivity contribution in [2.75, 3.05) is 13.2 Å². The van der Waals surface area contributed by atoms with Crippen LogP contribution in [0.2, 0.25) is 0 Å². The topological polar surface area (TPSA) is 56.8 Å². The van der Waals surface area contributed by atoms with Crippen molar-refractivity contribution < 1.29 is 9.47 Å². The maximum atomic E-state index is 5.94. The molecule has 0 unspecified atom stereocenters. The van der Waals surface area contributed by atoms with E-state index in [1.807, 2.05) is 0 Å². The molecule has 1 fully saturated rings. The highest BCUT2D eigenvalue weighted by atomic mass is 79.9. The smallest absolute Gasteiger partial charge is 0.283 e. The highest BCUT2D eigenvalue weighted by Crippen LogP contribution is 2.45. The number of hydrogen-bond acceptors (Lipinski definition) is 5. The van der Waals surface area contributed by atoms with Crippen LogP contribution in [0.5, 0.6) is 0 Å². The van der Waals surface area contributed by atoms with Crippen molar-refractivity contribution in [3.05, 3.63) is 20.8 Å². The third-order valence-corrected chi connectivity index (χ3v) is 5.79. The second-order valence-corrected chi connectivity index (χ2v) is 7.25. The summed E-state index contributed by atoms with van der Waals surface area (Å²) < 4.78 is 12.4. The quantitative estimate of drug-likeness (QED) is 0.851. The lowest BCUT2D eigenvalue weighted by Gasteiger charge is -2.45. The standard InChI is InChI=1S/C13H17BrN2O2S/c1-12(10-6-9(14)7-19-10)8-13(18-11(15)16-12)2-4-17-5-3-13/h6-7H,2-5,8H2,1H3,(H2,15,16)/t12-/m1/s1. The summed E-state index contributed by atoms with van der Waals surface area (Å²) in [5, 5.41) is 2.08. The summed E-state index contributed by atoms with van der Waals surface area (Å²) in [4.78, 5) is 5.79. The molecule has 3 rings (SSSR count). The average Bonchev–Trinajstić information content (AvgIpc) is 2.76. The number of nitrogens with zero attached hydrogens (tertiary/aromatic N) is 1. The number of nitrogens with two attached hydrogens (primary N) is 1. The van der Waals surface area contributed by atoms with Crippen LogP contribution < -0.4 is 5.73 Å². The van der Waals surface area contributed by atoms with E-state index in [9.17, 15) is 0 Å². The van der Waals surface area contributed by atoms with Crippen LogP contribution in [0.3, 0.4) is 0 Å². The van der Waals surface area contributed by atoms with Gasteiger partial charge in [-0.25, -0.2) is 4.99 Å². The fraction of sp³-hybridized carbons (Fsp3) is 0.615. The first kappa shape index (κ1) is 13.4. The molecule has 0 aromatic carbocycles. The van der Waals surface area contributed by atoms with Gasteiger partial charge >= 0.3 is 0 Å². The molecule has 104 valence electrons. The molecule has 0 bridgehead atoms. The Kier molecular flexibility index (Phi) is 3.35. The Balaban J connectivity index is 1.95. The van der Waals surface area contributed by atoms with Gasteiger partial charge in [-0.05, 0) is 28.9 Å². The van der Waals surface area contributed by atoms with Crippen LogP contribution in [0.4, 0.5) is 0 Å². The first-order valence-corrected chi connectivity index (χ1v) is 8.05. The molecule has 2 aliphatic rings. The zero-order chi connectivity index (χ0) is 13.5. The van der Waals surface area contributed by atoms with E-state index < -0.39 is 0 Å². The lowest BCUT2D eigenvalue weighted by atomic mass is 9.79. The lowest BCUT2D eigenvalue weighted by molar-refractivity contribution is -0.0790. The zero-order valence-electron chi connectivity index (χ0n) is 10.8. The molecular formula is C13H17BrN2O2S. The molecule has 6 heteroatoms. The van der Waals surface area contributed by atoms with Gasteiger partial charge in [-0.3, -0.25) is 0 Å². The highest BCUT2D eigenvalue weighted by Gasteiger charge is 2.47. The Hall–Kier alpha value is -0.590. The summed E-state index contributed by atoms with van der Waals surface area (Å²) in [6, 6.07) is 2.43. The van der Waals surface area contributed by atoms with E-state index in [1.165, 1.54) is 4.88 Å². The van der Waals surface area contributed by atoms with Crippen LogP contribution >= 0.6 is 27.3 Å². The molecule has 1 aromatic rings. The second kappa shape index (κ2) is 4.75. The summed E-state index contributed by atoms with van der Waals surface area (Å²) in [5.41, 5.74) is 5.43. The van der Waals surface area contributed by atoms with Gasteiger partial charge in [-0.15, -0.1) is 11.3 Å². The Bertz CT molecular complexity index is 510. The summed E-state index contributed by atoms with van der Waals surface area (Å²) >= 11 is 5.21. The minimum Gasteiger partial charge on any atom is -0.459 e. The molecule has 1 saturated heterocycles. The van der Waals surface area contributed by atoms with Gasteiger partial charge < -0.3 is 15.2 Å². The van der Waals surface area contributed by atoms with Crippen LogP contribution in [-0.4, -0.2) is 24.8 Å². The Labute approximate surface area is 125 Å². The SMILES string of the molecule is C[C@]1(c2cc(Br)cs2)CC2(CCOCC2)OC(N)=N1. The number of thiophene rings is 1. The minimum atomic E-state index is -0.295. The van der Waals surface area contributed by atoms with E-state index in [2.05, 4.69) is 39.3 Å². The zero-order valence-corrected chi connectivity index (χ0v) is 13.2. The van der Waals surface area contributed by atoms with E-state index in [4.69, 9.17) is 15.2 Å². The molecule has 0 amide bonds. The molecule has 0 aliphatic carbocycles. The van der Waals surface area contributed by atoms with Gasteiger partial charge in [0.1, 0.15) is 11.1 Å². The third kappa shape index (κ3) is 2.53. The van der Waals surface area contributed by atoms with E-state index in [-0.39, 0.29) is 11.1 Å². The van der Waals surface area contributed by atoms with E-state index >= 15 is 0 Å². The number of halogens is 1. The van der Waals surface area contributed by atoms with Gasteiger partial charge in [0.25, 0.3) is 6.02 Å². The predicted molar refractivity (Wildman–Crippen MR) is 79.5 cm³/mol. The van der Waals surface area contributed by atoms with Crippen molar-refractivity contribution in [3.63, 3.8) is 0 Å². The maximum Gasteiger partial charge on any atom is 0.283 e. The molecule has 1 atom stereocenters. The van der Waals surface area contributed by atoms with Crippen molar-refractivity contribution in [3.8, 4) is 0 Å². The molecular weight excluding hydrogens is 328 g/mol. The summed E-state index contributed by atoms with van der Waals surface area (Å²) in [6.07, 6.45) is 2.62. The molecule has 4 nitrogen and oxygen atoms in total. The predicted octanol–water partition coefficient (Wildman–Crippen LogP) is 3.01. The largest absolute Gasteiger partial charge is 0.459 e. The molecule has 2 aliphatic heterocycles. The van der Waals surface area contributed by atoms with Crippen molar-refractivity contribution in [2.45, 2.75) is 37.3 Å². The van der Waals surface area contributed by atoms with Crippen LogP contribution in [0, 0.1) is 0 Å². The first-order chi connectivity index (χ1) is 9.01. The van der Waals surface area contributed by atoms with Crippen LogP contribution in [0.1, 0.15) is 31.1 Å². The molecule has 1 spiro atoms. The second-order valence-electron chi connectivity index (χ2n) is 5.43. The number of rotatable bonds is 1. The van der Waals surface area contributed by atoms with Crippen molar-refractivity contribution in [2.24, 2.45) is 10.7 Å².